The Balaban J connectivity index is 0.00000192. The second-order valence-corrected chi connectivity index (χ2v) is 7.24. The number of hydrogen-bond acceptors (Lipinski definition) is 3. The largest absolute Gasteiger partial charge is 0.333 e. The molecule has 3 rings (SSSR count). The zero-order valence-corrected chi connectivity index (χ0v) is 15.6. The average Bonchev–Trinajstić information content (AvgIpc) is 3.23. The second-order valence-electron chi connectivity index (χ2n) is 5.82. The molecule has 126 valence electrons. The average molecular weight is 374 g/mol. The van der Waals surface area contributed by atoms with Crippen molar-refractivity contribution in [2.24, 2.45) is 4.99 Å². The molecular weight excluding hydrogens is 353 g/mol. The van der Waals surface area contributed by atoms with Crippen LogP contribution in [0, 0.1) is 0 Å². The number of amides is 1. The molecule has 4 nitrogen and oxygen atoms in total. The molecule has 1 aromatic rings. The smallest absolute Gasteiger partial charge is 0.221 e. The Morgan fingerprint density at radius 3 is 2.61 bits per heavy atom. The first-order valence-electron chi connectivity index (χ1n) is 7.49. The summed E-state index contributed by atoms with van der Waals surface area (Å²) in [5.74, 6) is 0.954. The number of benzene rings is 1. The third-order valence-corrected chi connectivity index (χ3v) is 5.35. The summed E-state index contributed by atoms with van der Waals surface area (Å²) in [4.78, 5) is 20.9. The number of halogens is 2. The lowest BCUT2D eigenvalue weighted by atomic mass is 10.2. The maximum absolute atomic E-state index is 12.1. The molecule has 1 aliphatic heterocycles. The number of hydrogen-bond donors (Lipinski definition) is 0. The van der Waals surface area contributed by atoms with Crippen molar-refractivity contribution in [1.82, 2.24) is 9.80 Å². The van der Waals surface area contributed by atoms with Gasteiger partial charge in [-0.25, -0.2) is 0 Å². The van der Waals surface area contributed by atoms with E-state index < -0.39 is 0 Å². The van der Waals surface area contributed by atoms with Crippen molar-refractivity contribution in [1.29, 1.82) is 0 Å². The molecular formula is C16H21Cl2N3OS. The van der Waals surface area contributed by atoms with Crippen LogP contribution in [0.15, 0.2) is 29.3 Å². The molecule has 0 aromatic heterocycles. The summed E-state index contributed by atoms with van der Waals surface area (Å²) in [7, 11) is 2.03. The Morgan fingerprint density at radius 1 is 1.39 bits per heavy atom. The lowest BCUT2D eigenvalue weighted by Gasteiger charge is -2.32. The van der Waals surface area contributed by atoms with Crippen molar-refractivity contribution < 1.29 is 4.79 Å². The lowest BCUT2D eigenvalue weighted by Crippen LogP contribution is -2.47. The van der Waals surface area contributed by atoms with E-state index in [1.807, 2.05) is 36.2 Å². The fourth-order valence-electron chi connectivity index (χ4n) is 2.49. The van der Waals surface area contributed by atoms with E-state index in [1.54, 1.807) is 18.7 Å². The molecule has 23 heavy (non-hydrogen) atoms. The van der Waals surface area contributed by atoms with E-state index in [4.69, 9.17) is 16.6 Å². The zero-order valence-electron chi connectivity index (χ0n) is 13.2. The zero-order chi connectivity index (χ0) is 15.7. The summed E-state index contributed by atoms with van der Waals surface area (Å²) in [5, 5.41) is 1.78. The van der Waals surface area contributed by atoms with Crippen molar-refractivity contribution in [3.05, 3.63) is 34.9 Å². The molecule has 1 atom stereocenters. The summed E-state index contributed by atoms with van der Waals surface area (Å²) in [6.07, 6.45) is 2.46. The van der Waals surface area contributed by atoms with Crippen molar-refractivity contribution in [3.63, 3.8) is 0 Å². The lowest BCUT2D eigenvalue weighted by molar-refractivity contribution is -0.133. The first kappa shape index (κ1) is 18.4. The van der Waals surface area contributed by atoms with Crippen LogP contribution < -0.4 is 0 Å². The molecule has 1 saturated heterocycles. The molecule has 0 spiro atoms. The minimum Gasteiger partial charge on any atom is -0.333 e. The van der Waals surface area contributed by atoms with Crippen LogP contribution in [0.3, 0.4) is 0 Å². The fraction of sp³-hybridized carbons (Fsp3) is 0.500. The monoisotopic (exact) mass is 373 g/mol. The fourth-order valence-corrected chi connectivity index (χ4v) is 3.87. The van der Waals surface area contributed by atoms with Crippen molar-refractivity contribution in [2.45, 2.75) is 38.5 Å². The number of carbonyl (C=O) groups excluding carboxylic acids is 1. The van der Waals surface area contributed by atoms with Gasteiger partial charge in [0, 0.05) is 31.3 Å². The molecule has 2 fully saturated rings. The number of carbonyl (C=O) groups is 1. The SMILES string of the molecule is CC(=O)N(Cc1ccc(Cl)cc1)C1CSC(=NC2CC2)N1C.Cl. The van der Waals surface area contributed by atoms with Crippen molar-refractivity contribution >= 4 is 46.8 Å². The molecule has 7 heteroatoms. The van der Waals surface area contributed by atoms with Gasteiger partial charge in [0.05, 0.1) is 6.04 Å². The topological polar surface area (TPSA) is 35.9 Å². The first-order valence-corrected chi connectivity index (χ1v) is 8.86. The molecule has 1 amide bonds. The highest BCUT2D eigenvalue weighted by atomic mass is 35.5. The highest BCUT2D eigenvalue weighted by Crippen LogP contribution is 2.31. The van der Waals surface area contributed by atoms with Gasteiger partial charge in [0.25, 0.3) is 0 Å². The second kappa shape index (κ2) is 7.77. The van der Waals surface area contributed by atoms with Crippen molar-refractivity contribution in [3.8, 4) is 0 Å². The van der Waals surface area contributed by atoms with Gasteiger partial charge in [0.1, 0.15) is 6.17 Å². The van der Waals surface area contributed by atoms with Gasteiger partial charge in [-0.05, 0) is 30.5 Å². The number of thioether (sulfide) groups is 1. The van der Waals surface area contributed by atoms with Gasteiger partial charge in [0.15, 0.2) is 5.17 Å². The molecule has 2 aliphatic rings. The van der Waals surface area contributed by atoms with Crippen LogP contribution in [0.25, 0.3) is 0 Å². The van der Waals surface area contributed by atoms with E-state index in [0.717, 1.165) is 16.5 Å². The predicted molar refractivity (Wildman–Crippen MR) is 99.4 cm³/mol. The Bertz CT molecular complexity index is 589. The van der Waals surface area contributed by atoms with Crippen LogP contribution >= 0.6 is 35.8 Å². The van der Waals surface area contributed by atoms with Gasteiger partial charge in [-0.2, -0.15) is 0 Å². The Hall–Kier alpha value is -0.910. The maximum Gasteiger partial charge on any atom is 0.221 e. The van der Waals surface area contributed by atoms with Gasteiger partial charge in [-0.15, -0.1) is 12.4 Å². The number of amidine groups is 1. The van der Waals surface area contributed by atoms with E-state index in [9.17, 15) is 4.79 Å². The molecule has 0 bridgehead atoms. The maximum atomic E-state index is 12.1. The van der Waals surface area contributed by atoms with Gasteiger partial charge in [-0.1, -0.05) is 35.5 Å². The van der Waals surface area contributed by atoms with Crippen molar-refractivity contribution in [2.75, 3.05) is 12.8 Å². The summed E-state index contributed by atoms with van der Waals surface area (Å²) in [6, 6.07) is 8.18. The Morgan fingerprint density at radius 2 is 2.04 bits per heavy atom. The molecule has 1 heterocycles. The van der Waals surface area contributed by atoms with Crippen LogP contribution in [-0.2, 0) is 11.3 Å². The third kappa shape index (κ3) is 4.55. The van der Waals surface area contributed by atoms with E-state index in [-0.39, 0.29) is 24.5 Å². The molecule has 1 aliphatic carbocycles. The Kier molecular flexibility index (Phi) is 6.23. The number of rotatable bonds is 4. The number of nitrogens with zero attached hydrogens (tertiary/aromatic N) is 3. The van der Waals surface area contributed by atoms with Crippen LogP contribution in [-0.4, -0.2) is 45.9 Å². The third-order valence-electron chi connectivity index (χ3n) is 3.98. The van der Waals surface area contributed by atoms with Crippen LogP contribution in [0.4, 0.5) is 0 Å². The van der Waals surface area contributed by atoms with Gasteiger partial charge in [-0.3, -0.25) is 9.79 Å². The number of aliphatic imine (C=N–C) groups is 1. The summed E-state index contributed by atoms with van der Waals surface area (Å²) in [5.41, 5.74) is 1.09. The summed E-state index contributed by atoms with van der Waals surface area (Å²) < 4.78 is 0. The standard InChI is InChI=1S/C16H20ClN3OS.ClH/c1-11(21)20(9-12-3-5-13(17)6-4-12)15-10-22-16(19(15)2)18-14-7-8-14;/h3-6,14-15H,7-10H2,1-2H3;1H. The predicted octanol–water partition coefficient (Wildman–Crippen LogP) is 3.63. The Labute approximate surface area is 152 Å². The normalized spacial score (nSPS) is 22.1. The van der Waals surface area contributed by atoms with Crippen LogP contribution in [0.1, 0.15) is 25.3 Å². The quantitative estimate of drug-likeness (QED) is 0.808. The van der Waals surface area contributed by atoms with Gasteiger partial charge < -0.3 is 9.80 Å². The van der Waals surface area contributed by atoms with E-state index in [0.29, 0.717) is 17.6 Å². The summed E-state index contributed by atoms with van der Waals surface area (Å²) >= 11 is 7.67. The molecule has 1 unspecified atom stereocenters. The van der Waals surface area contributed by atoms with Gasteiger partial charge in [0.2, 0.25) is 5.91 Å². The minimum absolute atomic E-state index is 0. The van der Waals surface area contributed by atoms with Gasteiger partial charge >= 0.3 is 0 Å². The van der Waals surface area contributed by atoms with Crippen LogP contribution in [0.2, 0.25) is 5.02 Å². The van der Waals surface area contributed by atoms with E-state index >= 15 is 0 Å². The molecule has 0 N–H and O–H groups in total. The molecule has 0 radical (unpaired) electrons. The highest BCUT2D eigenvalue weighted by Gasteiger charge is 2.35. The first-order chi connectivity index (χ1) is 10.5. The molecule has 1 saturated carbocycles. The van der Waals surface area contributed by atoms with Crippen LogP contribution in [0.5, 0.6) is 0 Å². The summed E-state index contributed by atoms with van der Waals surface area (Å²) in [6.45, 7) is 2.23. The van der Waals surface area contributed by atoms with E-state index in [2.05, 4.69) is 4.90 Å². The minimum atomic E-state index is 0. The molecule has 1 aromatic carbocycles. The van der Waals surface area contributed by atoms with E-state index in [1.165, 1.54) is 12.8 Å². The highest BCUT2D eigenvalue weighted by molar-refractivity contribution is 8.14.